The number of hydrogen-bond donors (Lipinski definition) is 0. The van der Waals surface area contributed by atoms with E-state index in [1.54, 1.807) is 18.3 Å². The van der Waals surface area contributed by atoms with Crippen LogP contribution in [-0.2, 0) is 6.54 Å². The van der Waals surface area contributed by atoms with E-state index in [4.69, 9.17) is 5.26 Å². The molecule has 164 valence electrons. The Labute approximate surface area is 198 Å². The lowest BCUT2D eigenvalue weighted by atomic mass is 10.0. The highest BCUT2D eigenvalue weighted by molar-refractivity contribution is 6.05. The minimum absolute atomic E-state index is 0.118. The second kappa shape index (κ2) is 7.91. The van der Waals surface area contributed by atoms with Gasteiger partial charge in [0.15, 0.2) is 0 Å². The first-order valence-corrected chi connectivity index (χ1v) is 10.8. The average molecular weight is 453 g/mol. The number of rotatable bonds is 3. The fourth-order valence-electron chi connectivity index (χ4n) is 4.38. The monoisotopic (exact) mass is 453 g/mol. The number of fused-ring (bicyclic) bond motifs is 4. The molecule has 0 spiro atoms. The Morgan fingerprint density at radius 1 is 0.829 bits per heavy atom. The van der Waals surface area contributed by atoms with Gasteiger partial charge in [-0.05, 0) is 42.0 Å². The van der Waals surface area contributed by atoms with Crippen LogP contribution >= 0.6 is 0 Å². The summed E-state index contributed by atoms with van der Waals surface area (Å²) in [5.74, 6) is 0. The second-order valence-electron chi connectivity index (χ2n) is 8.02. The summed E-state index contributed by atoms with van der Waals surface area (Å²) in [7, 11) is 0. The van der Waals surface area contributed by atoms with Gasteiger partial charge in [-0.1, -0.05) is 24.3 Å². The lowest BCUT2D eigenvalue weighted by Crippen LogP contribution is -2.23. The molecule has 4 heterocycles. The summed E-state index contributed by atoms with van der Waals surface area (Å²) in [5.41, 5.74) is 5.03. The van der Waals surface area contributed by atoms with Gasteiger partial charge in [-0.25, -0.2) is 9.78 Å². The molecule has 2 aromatic carbocycles. The highest BCUT2D eigenvalue weighted by atomic mass is 16.1. The fourth-order valence-corrected chi connectivity index (χ4v) is 4.38. The molecule has 8 heteroatoms. The standard InChI is InChI=1S/C27H15N7O/c28-9-10-33-25-16-32-24-8-5-17(19-11-18-3-1-2-4-23(18)31-14-19)12-22(24)26(25)34(27(33)35)21-7-6-20(13-29)30-15-21/h1-8,11-12,14-16H,10H2. The molecule has 0 unspecified atom stereocenters. The molecule has 0 fully saturated rings. The summed E-state index contributed by atoms with van der Waals surface area (Å²) in [5, 5.41) is 20.2. The first-order chi connectivity index (χ1) is 17.2. The van der Waals surface area contributed by atoms with Crippen LogP contribution in [0.4, 0.5) is 0 Å². The molecule has 0 amide bonds. The van der Waals surface area contributed by atoms with Crippen molar-refractivity contribution in [2.24, 2.45) is 0 Å². The van der Waals surface area contributed by atoms with Crippen LogP contribution in [0.5, 0.6) is 0 Å². The van der Waals surface area contributed by atoms with Crippen molar-refractivity contribution < 1.29 is 0 Å². The summed E-state index contributed by atoms with van der Waals surface area (Å²) >= 11 is 0. The van der Waals surface area contributed by atoms with Gasteiger partial charge in [-0.15, -0.1) is 0 Å². The largest absolute Gasteiger partial charge is 0.334 e. The summed E-state index contributed by atoms with van der Waals surface area (Å²) in [4.78, 5) is 26.7. The van der Waals surface area contributed by atoms with Gasteiger partial charge >= 0.3 is 5.69 Å². The van der Waals surface area contributed by atoms with Gasteiger partial charge in [0, 0.05) is 22.5 Å². The third-order valence-corrected chi connectivity index (χ3v) is 6.03. The van der Waals surface area contributed by atoms with Crippen molar-refractivity contribution in [3.8, 4) is 29.0 Å². The number of para-hydroxylation sites is 1. The second-order valence-corrected chi connectivity index (χ2v) is 8.02. The Morgan fingerprint density at radius 2 is 1.69 bits per heavy atom. The predicted octanol–water partition coefficient (Wildman–Crippen LogP) is 4.35. The molecule has 0 radical (unpaired) electrons. The summed E-state index contributed by atoms with van der Waals surface area (Å²) in [6.45, 7) is -0.118. The van der Waals surface area contributed by atoms with E-state index in [9.17, 15) is 10.1 Å². The number of pyridine rings is 3. The molecule has 0 N–H and O–H groups in total. The van der Waals surface area contributed by atoms with Crippen molar-refractivity contribution in [2.75, 3.05) is 0 Å². The van der Waals surface area contributed by atoms with Crippen molar-refractivity contribution in [1.29, 1.82) is 10.5 Å². The number of hydrogen-bond acceptors (Lipinski definition) is 6. The number of benzene rings is 2. The molecule has 0 aliphatic rings. The molecule has 8 nitrogen and oxygen atoms in total. The van der Waals surface area contributed by atoms with Crippen LogP contribution in [0.25, 0.3) is 49.7 Å². The molecule has 6 rings (SSSR count). The van der Waals surface area contributed by atoms with Gasteiger partial charge in [0.05, 0.1) is 46.2 Å². The molecule has 0 saturated carbocycles. The zero-order valence-electron chi connectivity index (χ0n) is 18.3. The van der Waals surface area contributed by atoms with Gasteiger partial charge in [0.2, 0.25) is 0 Å². The summed E-state index contributed by atoms with van der Waals surface area (Å²) in [6, 6.07) is 23.1. The molecule has 0 aliphatic heterocycles. The average Bonchev–Trinajstić information content (AvgIpc) is 3.20. The van der Waals surface area contributed by atoms with Crippen LogP contribution in [0.3, 0.4) is 0 Å². The predicted molar refractivity (Wildman–Crippen MR) is 132 cm³/mol. The third kappa shape index (κ3) is 3.21. The van der Waals surface area contributed by atoms with Gasteiger partial charge in [-0.2, -0.15) is 10.5 Å². The maximum atomic E-state index is 13.4. The topological polar surface area (TPSA) is 113 Å². The van der Waals surface area contributed by atoms with Gasteiger partial charge in [0.25, 0.3) is 0 Å². The molecule has 0 atom stereocenters. The van der Waals surface area contributed by atoms with E-state index < -0.39 is 0 Å². The maximum Gasteiger partial charge on any atom is 0.334 e. The van der Waals surface area contributed by atoms with Crippen molar-refractivity contribution in [1.82, 2.24) is 24.1 Å². The number of nitrogens with zero attached hydrogens (tertiary/aromatic N) is 7. The van der Waals surface area contributed by atoms with Crippen LogP contribution in [-0.4, -0.2) is 24.1 Å². The molecule has 6 aromatic rings. The zero-order chi connectivity index (χ0) is 23.9. The molecular formula is C27H15N7O. The Balaban J connectivity index is 1.66. The lowest BCUT2D eigenvalue weighted by Gasteiger charge is -2.08. The molecule has 35 heavy (non-hydrogen) atoms. The minimum Gasteiger partial charge on any atom is -0.276 e. The van der Waals surface area contributed by atoms with Crippen molar-refractivity contribution >= 4 is 32.8 Å². The van der Waals surface area contributed by atoms with E-state index in [2.05, 4.69) is 27.1 Å². The number of aromatic nitrogens is 5. The normalized spacial score (nSPS) is 11.0. The van der Waals surface area contributed by atoms with Crippen molar-refractivity contribution in [3.63, 3.8) is 0 Å². The fraction of sp³-hybridized carbons (Fsp3) is 0.0370. The maximum absolute atomic E-state index is 13.4. The molecule has 0 saturated heterocycles. The van der Waals surface area contributed by atoms with E-state index in [-0.39, 0.29) is 17.9 Å². The zero-order valence-corrected chi connectivity index (χ0v) is 18.3. The minimum atomic E-state index is -0.375. The van der Waals surface area contributed by atoms with E-state index in [1.807, 2.05) is 54.7 Å². The van der Waals surface area contributed by atoms with Crippen LogP contribution in [0.2, 0.25) is 0 Å². The quantitative estimate of drug-likeness (QED) is 0.394. The van der Waals surface area contributed by atoms with E-state index >= 15 is 0 Å². The van der Waals surface area contributed by atoms with Crippen LogP contribution in [0.15, 0.2) is 84.0 Å². The van der Waals surface area contributed by atoms with E-state index in [0.717, 1.165) is 27.4 Å². The van der Waals surface area contributed by atoms with Crippen molar-refractivity contribution in [2.45, 2.75) is 6.54 Å². The molecule has 0 aliphatic carbocycles. The number of imidazole rings is 1. The number of nitriles is 2. The van der Waals surface area contributed by atoms with Crippen LogP contribution in [0, 0.1) is 22.7 Å². The van der Waals surface area contributed by atoms with Crippen LogP contribution in [0.1, 0.15) is 5.69 Å². The van der Waals surface area contributed by atoms with E-state index in [0.29, 0.717) is 22.2 Å². The molecule has 0 bridgehead atoms. The highest BCUT2D eigenvalue weighted by Gasteiger charge is 2.19. The molecule has 4 aromatic heterocycles. The Kier molecular flexibility index (Phi) is 4.58. The third-order valence-electron chi connectivity index (χ3n) is 6.03. The first kappa shape index (κ1) is 20.3. The summed E-state index contributed by atoms with van der Waals surface area (Å²) < 4.78 is 2.91. The van der Waals surface area contributed by atoms with Gasteiger partial charge in [-0.3, -0.25) is 19.1 Å². The highest BCUT2D eigenvalue weighted by Crippen LogP contribution is 2.30. The van der Waals surface area contributed by atoms with E-state index in [1.165, 1.54) is 15.3 Å². The lowest BCUT2D eigenvalue weighted by molar-refractivity contribution is 0.787. The SMILES string of the molecule is N#CCn1c(=O)n(-c2ccc(C#N)nc2)c2c3cc(-c4cnc5ccccc5c4)ccc3ncc21. The Hall–Kier alpha value is -5.34. The smallest absolute Gasteiger partial charge is 0.276 e. The van der Waals surface area contributed by atoms with Crippen LogP contribution < -0.4 is 5.69 Å². The summed E-state index contributed by atoms with van der Waals surface area (Å²) in [6.07, 6.45) is 4.93. The van der Waals surface area contributed by atoms with Crippen molar-refractivity contribution in [3.05, 3.63) is 95.4 Å². The van der Waals surface area contributed by atoms with Gasteiger partial charge in [0.1, 0.15) is 18.3 Å². The molecular weight excluding hydrogens is 438 g/mol. The van der Waals surface area contributed by atoms with Gasteiger partial charge < -0.3 is 0 Å². The Bertz CT molecular complexity index is 1920. The Morgan fingerprint density at radius 3 is 2.49 bits per heavy atom. The first-order valence-electron chi connectivity index (χ1n) is 10.8.